The highest BCUT2D eigenvalue weighted by molar-refractivity contribution is 5.67. The van der Waals surface area contributed by atoms with Crippen LogP contribution in [0.3, 0.4) is 0 Å². The van der Waals surface area contributed by atoms with Crippen LogP contribution in [0, 0.1) is 23.7 Å². The van der Waals surface area contributed by atoms with Gasteiger partial charge in [-0.15, -0.1) is 0 Å². The van der Waals surface area contributed by atoms with Gasteiger partial charge in [0.15, 0.2) is 0 Å². The van der Waals surface area contributed by atoms with Crippen LogP contribution >= 0.6 is 0 Å². The van der Waals surface area contributed by atoms with Gasteiger partial charge < -0.3 is 66.8 Å². The van der Waals surface area contributed by atoms with E-state index in [-0.39, 0.29) is 89.0 Å². The Morgan fingerprint density at radius 2 is 1.67 bits per heavy atom. The molecule has 1 saturated heterocycles. The Morgan fingerprint density at radius 3 is 2.39 bits per heavy atom. The number of rotatable bonds is 19. The van der Waals surface area contributed by atoms with Crippen molar-refractivity contribution in [2.75, 3.05) is 13.2 Å². The lowest BCUT2D eigenvalue weighted by Gasteiger charge is -2.49. The second-order valence-electron chi connectivity index (χ2n) is 22.1. The SMILES string of the molecule is CCCCC(O)C(O)C=CC1=C(CC(O)CO)C2CCC(O)C3NC(C)CCC(C(O)Cc4ccc(cc4CCC(=O)O)CC(C(C)(O)Cc4ccc(O)cc4CCO)(CC#Cc4ccccc4CC1)N2)C3CC(=O)O. The van der Waals surface area contributed by atoms with Gasteiger partial charge >= 0.3 is 11.9 Å². The number of aliphatic hydroxyl groups excluding tert-OH is 7. The molecule has 4 heterocycles. The van der Waals surface area contributed by atoms with Gasteiger partial charge in [-0.05, 0) is 165 Å². The number of nitrogens with one attached hydrogen (secondary N) is 2. The van der Waals surface area contributed by atoms with Gasteiger partial charge in [-0.3, -0.25) is 9.59 Å². The lowest BCUT2D eigenvalue weighted by Crippen LogP contribution is -2.66. The molecule has 0 aliphatic carbocycles. The second-order valence-corrected chi connectivity index (χ2v) is 22.1. The maximum Gasteiger partial charge on any atom is 0.303 e. The number of carbonyl (C=O) groups is 2. The molecule has 76 heavy (non-hydrogen) atoms. The minimum absolute atomic E-state index is 0.0148. The van der Waals surface area contributed by atoms with Gasteiger partial charge in [0.05, 0.1) is 54.7 Å². The molecule has 15 heteroatoms. The molecule has 1 fully saturated rings. The Morgan fingerprint density at radius 1 is 0.895 bits per heavy atom. The highest BCUT2D eigenvalue weighted by Gasteiger charge is 2.49. The number of phenols is 1. The summed E-state index contributed by atoms with van der Waals surface area (Å²) in [6.45, 7) is 4.81. The molecule has 0 aromatic heterocycles. The van der Waals surface area contributed by atoms with Crippen molar-refractivity contribution in [2.45, 2.75) is 196 Å². The summed E-state index contributed by atoms with van der Waals surface area (Å²) in [5.41, 5.74) is 2.88. The van der Waals surface area contributed by atoms with Crippen LogP contribution in [0.25, 0.3) is 0 Å². The van der Waals surface area contributed by atoms with Crippen LogP contribution in [-0.2, 0) is 48.1 Å². The number of aliphatic carboxylic acids is 2. The highest BCUT2D eigenvalue weighted by atomic mass is 16.4. The van der Waals surface area contributed by atoms with E-state index in [0.29, 0.717) is 77.5 Å². The Labute approximate surface area is 448 Å². The van der Waals surface area contributed by atoms with Crippen molar-refractivity contribution in [3.63, 3.8) is 0 Å². The van der Waals surface area contributed by atoms with Gasteiger partial charge in [-0.25, -0.2) is 0 Å². The maximum atomic E-state index is 13.8. The van der Waals surface area contributed by atoms with Crippen LogP contribution in [-0.4, -0.2) is 141 Å². The van der Waals surface area contributed by atoms with E-state index < -0.39 is 84.1 Å². The Hall–Kier alpha value is -4.96. The van der Waals surface area contributed by atoms with E-state index in [1.54, 1.807) is 31.2 Å². The monoisotopic (exact) mass is 1050 g/mol. The lowest BCUT2D eigenvalue weighted by molar-refractivity contribution is -0.140. The summed E-state index contributed by atoms with van der Waals surface area (Å²) < 4.78 is 0. The molecule has 0 spiro atoms. The first-order valence-electron chi connectivity index (χ1n) is 27.5. The summed E-state index contributed by atoms with van der Waals surface area (Å²) in [6.07, 6.45) is 0.981. The Balaban J connectivity index is 1.71. The standard InChI is InChI=1S/C61H84N2O13/c1-4-5-12-53(68)54(69)24-19-42-17-16-41-10-7-6-9-40(41)11-8-28-61(60(3,76)36-46-18-21-47(66)31-45(46)27-29-64)35-39-14-15-44(43(30-39)20-26-57(72)73)32-56(71)49-22-13-38(2)62-59(51(49)34-58(74)75)55(70)25-23-52(63-61)50(42)33-48(67)37-65/h6-7,9-10,14-15,18-19,21,24,30-31,38,48-49,51-56,59,62-71,76H,4-5,12-13,16-17,20,22-23,25-29,32-37H2,1-3H3,(H,72,73)(H,74,75). The topological polar surface area (TPSA) is 281 Å². The fourth-order valence-corrected chi connectivity index (χ4v) is 12.1. The average Bonchev–Trinajstić information content (AvgIpc) is 3.54. The normalized spacial score (nSPS) is 26.6. The van der Waals surface area contributed by atoms with E-state index in [2.05, 4.69) is 22.5 Å². The number of hydrogen-bond donors (Lipinski definition) is 13. The largest absolute Gasteiger partial charge is 0.508 e. The lowest BCUT2D eigenvalue weighted by atomic mass is 9.69. The van der Waals surface area contributed by atoms with Gasteiger partial charge in [0, 0.05) is 49.6 Å². The summed E-state index contributed by atoms with van der Waals surface area (Å²) in [5, 5.41) is 132. The molecule has 0 saturated carbocycles. The molecular weight excluding hydrogens is 969 g/mol. The number of unbranched alkanes of at least 4 members (excludes halogenated alkanes) is 1. The van der Waals surface area contributed by atoms with Crippen molar-refractivity contribution in [3.05, 3.63) is 123 Å². The van der Waals surface area contributed by atoms with Crippen LogP contribution < -0.4 is 10.6 Å². The number of carboxylic acid groups (broad SMARTS) is 2. The van der Waals surface area contributed by atoms with Crippen molar-refractivity contribution in [1.29, 1.82) is 0 Å². The molecule has 13 N–H and O–H groups in total. The molecule has 0 radical (unpaired) electrons. The number of benzene rings is 3. The number of hydrogen-bond acceptors (Lipinski definition) is 13. The zero-order chi connectivity index (χ0) is 55.2. The molecule has 3 aromatic rings. The first kappa shape index (κ1) is 60.3. The van der Waals surface area contributed by atoms with Crippen LogP contribution in [0.4, 0.5) is 0 Å². The second kappa shape index (κ2) is 28.1. The van der Waals surface area contributed by atoms with Gasteiger partial charge in [0.1, 0.15) is 5.75 Å². The molecule has 4 aliphatic heterocycles. The summed E-state index contributed by atoms with van der Waals surface area (Å²) in [4.78, 5) is 25.1. The zero-order valence-corrected chi connectivity index (χ0v) is 44.6. The van der Waals surface area contributed by atoms with Gasteiger partial charge in [0.25, 0.3) is 0 Å². The van der Waals surface area contributed by atoms with Crippen LogP contribution in [0.5, 0.6) is 5.75 Å². The molecule has 12 atom stereocenters. The summed E-state index contributed by atoms with van der Waals surface area (Å²) in [7, 11) is 0. The first-order valence-corrected chi connectivity index (χ1v) is 27.5. The van der Waals surface area contributed by atoms with E-state index in [9.17, 15) is 65.8 Å². The number of allylic oxidation sites excluding steroid dienone is 2. The first-order chi connectivity index (χ1) is 36.3. The number of phenolic OH excluding ortho intramolecular Hbond substituents is 1. The molecule has 3 aromatic carbocycles. The van der Waals surface area contributed by atoms with Crippen molar-refractivity contribution in [2.24, 2.45) is 11.8 Å². The van der Waals surface area contributed by atoms with Gasteiger partial charge in [0.2, 0.25) is 0 Å². The minimum atomic E-state index is -1.79. The fraction of sp³-hybridized carbons (Fsp3) is 0.574. The summed E-state index contributed by atoms with van der Waals surface area (Å²) in [5.74, 6) is 3.44. The van der Waals surface area contributed by atoms with Crippen molar-refractivity contribution < 1.29 is 65.8 Å². The molecule has 416 valence electrons. The number of fused-ring (bicyclic) bond motifs is 6. The van der Waals surface area contributed by atoms with Crippen molar-refractivity contribution in [3.8, 4) is 17.6 Å². The molecule has 0 amide bonds. The Bertz CT molecular complexity index is 2530. The highest BCUT2D eigenvalue weighted by Crippen LogP contribution is 2.41. The van der Waals surface area contributed by atoms with E-state index in [1.807, 2.05) is 56.3 Å². The van der Waals surface area contributed by atoms with Gasteiger partial charge in [-0.2, -0.15) is 0 Å². The smallest absolute Gasteiger partial charge is 0.303 e. The predicted molar refractivity (Wildman–Crippen MR) is 290 cm³/mol. The molecule has 12 unspecified atom stereocenters. The average molecular weight is 1050 g/mol. The molecule has 6 bridgehead atoms. The van der Waals surface area contributed by atoms with Crippen LogP contribution in [0.2, 0.25) is 0 Å². The quantitative estimate of drug-likeness (QED) is 0.0706. The van der Waals surface area contributed by atoms with Crippen molar-refractivity contribution in [1.82, 2.24) is 10.6 Å². The third-order valence-corrected chi connectivity index (χ3v) is 16.4. The number of aliphatic hydroxyl groups is 8. The summed E-state index contributed by atoms with van der Waals surface area (Å²) >= 11 is 0. The third kappa shape index (κ3) is 16.1. The molecule has 7 rings (SSSR count). The molecule has 15 nitrogen and oxygen atoms in total. The number of aromatic hydroxyl groups is 1. The molecule has 4 aliphatic rings. The Kier molecular flexibility index (Phi) is 22.3. The van der Waals surface area contributed by atoms with Gasteiger partial charge in [-0.1, -0.05) is 86.2 Å². The molecular formula is C61H84N2O13. The van der Waals surface area contributed by atoms with Crippen LogP contribution in [0.15, 0.2) is 84.0 Å². The fourth-order valence-electron chi connectivity index (χ4n) is 12.1. The minimum Gasteiger partial charge on any atom is -0.508 e. The number of carboxylic acids is 2. The maximum absolute atomic E-state index is 13.8. The predicted octanol–water partition coefficient (Wildman–Crippen LogP) is 4.98. The number of aryl methyl sites for hydroxylation is 2. The van der Waals surface area contributed by atoms with E-state index in [0.717, 1.165) is 17.5 Å². The van der Waals surface area contributed by atoms with E-state index in [1.165, 1.54) is 6.07 Å². The van der Waals surface area contributed by atoms with Crippen LogP contribution in [0.1, 0.15) is 137 Å². The summed E-state index contributed by atoms with van der Waals surface area (Å²) in [6, 6.07) is 16.3. The van der Waals surface area contributed by atoms with Crippen molar-refractivity contribution >= 4 is 11.9 Å². The third-order valence-electron chi connectivity index (χ3n) is 16.4. The van der Waals surface area contributed by atoms with E-state index in [4.69, 9.17) is 0 Å². The van der Waals surface area contributed by atoms with E-state index >= 15 is 0 Å². The zero-order valence-electron chi connectivity index (χ0n) is 44.6.